The van der Waals surface area contributed by atoms with Crippen LogP contribution in [0.2, 0.25) is 0 Å². The molecule has 0 amide bonds. The highest BCUT2D eigenvalue weighted by Gasteiger charge is 1.84. The molecule has 1 nitrogen and oxygen atoms in total. The molecule has 0 radical (unpaired) electrons. The van der Waals surface area contributed by atoms with E-state index in [4.69, 9.17) is 0 Å². The molecule has 6 heavy (non-hydrogen) atoms. The molecule has 0 bridgehead atoms. The maximum absolute atomic E-state index is 11.3. The average molecular weight is 109 g/mol. The van der Waals surface area contributed by atoms with E-state index in [9.17, 15) is 4.39 Å². The van der Waals surface area contributed by atoms with Crippen molar-refractivity contribution in [2.75, 3.05) is 20.5 Å². The number of nitrogens with zero attached hydrogens (tertiary/aromatic N) is 1. The van der Waals surface area contributed by atoms with Crippen LogP contribution in [0.4, 0.5) is 4.39 Å². The lowest BCUT2D eigenvalue weighted by Crippen LogP contribution is -2.01. The first-order valence-corrected chi connectivity index (χ1v) is 3.20. The second kappa shape index (κ2) is 3.51. The lowest BCUT2D eigenvalue weighted by molar-refractivity contribution is 0.347. The van der Waals surface area contributed by atoms with Gasteiger partial charge in [-0.2, -0.15) is 0 Å². The van der Waals surface area contributed by atoms with Gasteiger partial charge in [0.15, 0.2) is 0 Å². The zero-order chi connectivity index (χ0) is 4.99. The molecule has 0 aliphatic carbocycles. The van der Waals surface area contributed by atoms with Gasteiger partial charge in [-0.05, 0) is 13.7 Å². The minimum Gasteiger partial charge on any atom is -0.261 e. The van der Waals surface area contributed by atoms with Crippen molar-refractivity contribution >= 4 is 8.73 Å². The van der Waals surface area contributed by atoms with Gasteiger partial charge < -0.3 is 0 Å². The molecular formula is C3H9FNP. The molecular weight excluding hydrogens is 100 g/mol. The Hall–Kier alpha value is 0.320. The summed E-state index contributed by atoms with van der Waals surface area (Å²) >= 11 is 0. The number of hydrogen-bond donors (Lipinski definition) is 0. The summed E-state index contributed by atoms with van der Waals surface area (Å²) in [5, 5.41) is 0. The van der Waals surface area contributed by atoms with Crippen LogP contribution >= 0.6 is 8.73 Å². The minimum absolute atomic E-state index is 0.324. The van der Waals surface area contributed by atoms with E-state index < -0.39 is 0 Å². The normalized spacial score (nSPS) is 12.0. The fraction of sp³-hybridized carbons (Fsp3) is 1.00. The third kappa shape index (κ3) is 2.55. The van der Waals surface area contributed by atoms with Crippen molar-refractivity contribution in [3.8, 4) is 0 Å². The Labute approximate surface area is 39.4 Å². The van der Waals surface area contributed by atoms with Crippen LogP contribution in [-0.2, 0) is 0 Å². The standard InChI is InChI=1S/C3H9FNP/c1-5(3-4)6-2/h6H,3H2,1-2H3. The van der Waals surface area contributed by atoms with Gasteiger partial charge in [0, 0.05) is 0 Å². The van der Waals surface area contributed by atoms with Gasteiger partial charge in [0.05, 0.1) is 0 Å². The fourth-order valence-electron chi connectivity index (χ4n) is 0.0598. The summed E-state index contributed by atoms with van der Waals surface area (Å²) in [6, 6.07) is 0. The van der Waals surface area contributed by atoms with Crippen molar-refractivity contribution < 1.29 is 4.39 Å². The number of halogens is 1. The average Bonchev–Trinajstić information content (AvgIpc) is 1.65. The molecule has 1 unspecified atom stereocenters. The van der Waals surface area contributed by atoms with Gasteiger partial charge in [-0.15, -0.1) is 0 Å². The first kappa shape index (κ1) is 6.32. The zero-order valence-corrected chi connectivity index (χ0v) is 5.03. The lowest BCUT2D eigenvalue weighted by Gasteiger charge is -2.04. The van der Waals surface area contributed by atoms with E-state index in [1.54, 1.807) is 11.7 Å². The Balaban J connectivity index is 2.75. The van der Waals surface area contributed by atoms with Crippen LogP contribution in [0, 0.1) is 0 Å². The Morgan fingerprint density at radius 3 is 2.33 bits per heavy atom. The second-order valence-electron chi connectivity index (χ2n) is 1.04. The van der Waals surface area contributed by atoms with Gasteiger partial charge in [0.2, 0.25) is 0 Å². The Bertz CT molecular complexity index is 30.0. The molecule has 0 N–H and O–H groups in total. The van der Waals surface area contributed by atoms with E-state index in [1.165, 1.54) is 0 Å². The monoisotopic (exact) mass is 109 g/mol. The van der Waals surface area contributed by atoms with Crippen LogP contribution in [0.25, 0.3) is 0 Å². The predicted octanol–water partition coefficient (Wildman–Crippen LogP) is 1.07. The van der Waals surface area contributed by atoms with E-state index >= 15 is 0 Å². The molecule has 38 valence electrons. The van der Waals surface area contributed by atoms with Crippen LogP contribution < -0.4 is 0 Å². The molecule has 0 aromatic heterocycles. The fourth-order valence-corrected chi connectivity index (χ4v) is 0.179. The maximum Gasteiger partial charge on any atom is 0.145 e. The summed E-state index contributed by atoms with van der Waals surface area (Å²) < 4.78 is 12.9. The van der Waals surface area contributed by atoms with Crippen LogP contribution in [0.15, 0.2) is 0 Å². The summed E-state index contributed by atoms with van der Waals surface area (Å²) in [7, 11) is 2.34. The van der Waals surface area contributed by atoms with Crippen LogP contribution in [-0.4, -0.2) is 25.2 Å². The lowest BCUT2D eigenvalue weighted by atomic mass is 11.2. The summed E-state index contributed by atoms with van der Waals surface area (Å²) in [6.07, 6.45) is 0. The van der Waals surface area contributed by atoms with Gasteiger partial charge in [0.1, 0.15) is 6.80 Å². The van der Waals surface area contributed by atoms with Gasteiger partial charge in [-0.25, -0.2) is 4.39 Å². The molecule has 0 fully saturated rings. The summed E-state index contributed by atoms with van der Waals surface area (Å²) in [6.45, 7) is 1.62. The highest BCUT2D eigenvalue weighted by Crippen LogP contribution is 2.06. The topological polar surface area (TPSA) is 3.24 Å². The van der Waals surface area contributed by atoms with E-state index in [2.05, 4.69) is 0 Å². The van der Waals surface area contributed by atoms with Crippen molar-refractivity contribution in [2.24, 2.45) is 0 Å². The number of rotatable bonds is 2. The van der Waals surface area contributed by atoms with Crippen LogP contribution in [0.3, 0.4) is 0 Å². The van der Waals surface area contributed by atoms with Gasteiger partial charge in [-0.1, -0.05) is 8.73 Å². The van der Waals surface area contributed by atoms with E-state index in [0.717, 1.165) is 0 Å². The molecule has 0 aromatic rings. The van der Waals surface area contributed by atoms with Crippen LogP contribution in [0.1, 0.15) is 0 Å². The van der Waals surface area contributed by atoms with Crippen molar-refractivity contribution in [3.05, 3.63) is 0 Å². The van der Waals surface area contributed by atoms with Crippen LogP contribution in [0.5, 0.6) is 0 Å². The third-order valence-electron chi connectivity index (χ3n) is 0.561. The van der Waals surface area contributed by atoms with Gasteiger partial charge in [0.25, 0.3) is 0 Å². The molecule has 1 atom stereocenters. The molecule has 0 saturated heterocycles. The van der Waals surface area contributed by atoms with Crippen molar-refractivity contribution in [1.82, 2.24) is 4.67 Å². The van der Waals surface area contributed by atoms with E-state index in [-0.39, 0.29) is 6.80 Å². The zero-order valence-electron chi connectivity index (χ0n) is 4.03. The Kier molecular flexibility index (Phi) is 3.70. The largest absolute Gasteiger partial charge is 0.261 e. The van der Waals surface area contributed by atoms with E-state index in [0.29, 0.717) is 8.73 Å². The summed E-state index contributed by atoms with van der Waals surface area (Å²) in [5.41, 5.74) is 0. The first-order chi connectivity index (χ1) is 2.81. The number of alkyl halides is 1. The molecule has 3 heteroatoms. The minimum atomic E-state index is -0.324. The SMILES string of the molecule is CPN(C)CF. The summed E-state index contributed by atoms with van der Waals surface area (Å²) in [5.74, 6) is 0. The highest BCUT2D eigenvalue weighted by atomic mass is 31.1. The third-order valence-corrected chi connectivity index (χ3v) is 1.44. The van der Waals surface area contributed by atoms with Gasteiger partial charge >= 0.3 is 0 Å². The highest BCUT2D eigenvalue weighted by molar-refractivity contribution is 7.34. The Morgan fingerprint density at radius 1 is 1.83 bits per heavy atom. The van der Waals surface area contributed by atoms with Crippen molar-refractivity contribution in [2.45, 2.75) is 0 Å². The van der Waals surface area contributed by atoms with E-state index in [1.807, 2.05) is 6.66 Å². The van der Waals surface area contributed by atoms with Crippen molar-refractivity contribution in [3.63, 3.8) is 0 Å². The van der Waals surface area contributed by atoms with Crippen molar-refractivity contribution in [1.29, 1.82) is 0 Å². The molecule has 0 heterocycles. The molecule has 0 aromatic carbocycles. The smallest absolute Gasteiger partial charge is 0.145 e. The summed E-state index contributed by atoms with van der Waals surface area (Å²) in [4.78, 5) is 0. The molecule has 0 spiro atoms. The maximum atomic E-state index is 11.3. The number of hydrogen-bond acceptors (Lipinski definition) is 1. The predicted molar refractivity (Wildman–Crippen MR) is 28.0 cm³/mol. The molecule has 0 rings (SSSR count). The second-order valence-corrected chi connectivity index (χ2v) is 2.25. The first-order valence-electron chi connectivity index (χ1n) is 1.75. The Morgan fingerprint density at radius 2 is 2.33 bits per heavy atom. The quantitative estimate of drug-likeness (QED) is 0.378. The molecule has 0 aliphatic rings. The molecule has 0 aliphatic heterocycles. The van der Waals surface area contributed by atoms with Gasteiger partial charge in [-0.3, -0.25) is 4.67 Å². The molecule has 0 saturated carbocycles.